The van der Waals surface area contributed by atoms with Crippen LogP contribution >= 0.6 is 11.6 Å². The van der Waals surface area contributed by atoms with Crippen LogP contribution in [0.15, 0.2) is 60.7 Å². The molecule has 0 unspecified atom stereocenters. The van der Waals surface area contributed by atoms with Crippen molar-refractivity contribution < 1.29 is 19.0 Å². The van der Waals surface area contributed by atoms with E-state index in [0.717, 1.165) is 13.1 Å². The van der Waals surface area contributed by atoms with Crippen molar-refractivity contribution in [2.75, 3.05) is 31.6 Å². The van der Waals surface area contributed by atoms with Gasteiger partial charge in [-0.15, -0.1) is 5.10 Å². The molecule has 0 radical (unpaired) electrons. The molecule has 2 heterocycles. The Balaban J connectivity index is 1.52. The van der Waals surface area contributed by atoms with Crippen molar-refractivity contribution in [1.29, 1.82) is 0 Å². The molecule has 1 aliphatic rings. The van der Waals surface area contributed by atoms with Crippen LogP contribution in [0.25, 0.3) is 5.69 Å². The molecule has 1 saturated heterocycles. The summed E-state index contributed by atoms with van der Waals surface area (Å²) in [5.41, 5.74) is 0.757. The maximum Gasteiger partial charge on any atom is 0.418 e. The van der Waals surface area contributed by atoms with Gasteiger partial charge in [0, 0.05) is 18.6 Å². The number of aromatic nitrogens is 2. The molecule has 0 spiro atoms. The number of benzene rings is 2. The van der Waals surface area contributed by atoms with Crippen LogP contribution in [0.4, 0.5) is 10.6 Å². The van der Waals surface area contributed by atoms with E-state index < -0.39 is 6.09 Å². The molecule has 180 valence electrons. The minimum atomic E-state index is -0.687. The molecular formula is C25H29ClN4O4. The lowest BCUT2D eigenvalue weighted by Crippen LogP contribution is -2.52. The zero-order chi connectivity index (χ0) is 24.1. The van der Waals surface area contributed by atoms with Gasteiger partial charge in [-0.25, -0.2) is 9.48 Å². The first-order valence-corrected chi connectivity index (χ1v) is 11.6. The van der Waals surface area contributed by atoms with Crippen molar-refractivity contribution in [1.82, 2.24) is 14.7 Å². The lowest BCUT2D eigenvalue weighted by molar-refractivity contribution is -0.0733. The van der Waals surface area contributed by atoms with Crippen molar-refractivity contribution >= 4 is 23.5 Å². The van der Waals surface area contributed by atoms with Crippen LogP contribution in [0.5, 0.6) is 11.6 Å². The lowest BCUT2D eigenvalue weighted by Gasteiger charge is -2.41. The topological polar surface area (TPSA) is 77.9 Å². The Morgan fingerprint density at radius 1 is 1.15 bits per heavy atom. The summed E-state index contributed by atoms with van der Waals surface area (Å²) in [6, 6.07) is 18.1. The third-order valence-corrected chi connectivity index (χ3v) is 5.81. The minimum Gasteiger partial charge on any atom is -0.473 e. The Hall–Kier alpha value is -3.07. The first kappa shape index (κ1) is 24.1. The van der Waals surface area contributed by atoms with Gasteiger partial charge in [-0.3, -0.25) is 10.2 Å². The monoisotopic (exact) mass is 484 g/mol. The van der Waals surface area contributed by atoms with Crippen LogP contribution in [0.2, 0.25) is 5.02 Å². The van der Waals surface area contributed by atoms with Gasteiger partial charge in [0.25, 0.3) is 5.88 Å². The summed E-state index contributed by atoms with van der Waals surface area (Å²) in [6.07, 6.45) is -0.807. The second kappa shape index (κ2) is 10.5. The average Bonchev–Trinajstić information content (AvgIpc) is 3.13. The number of carbonyl (C=O) groups excluding carboxylic acids is 1. The van der Waals surface area contributed by atoms with E-state index in [0.29, 0.717) is 18.0 Å². The first-order valence-electron chi connectivity index (χ1n) is 11.2. The molecule has 2 aromatic carbocycles. The van der Waals surface area contributed by atoms with Crippen LogP contribution < -0.4 is 14.8 Å². The molecule has 1 N–H and O–H groups in total. The number of rotatable bonds is 6. The zero-order valence-electron chi connectivity index (χ0n) is 19.5. The van der Waals surface area contributed by atoms with E-state index in [-0.39, 0.29) is 35.0 Å². The molecule has 0 saturated carbocycles. The third-order valence-electron chi connectivity index (χ3n) is 5.47. The summed E-state index contributed by atoms with van der Waals surface area (Å²) in [4.78, 5) is 14.9. The molecule has 3 aromatic rings. The molecule has 8 nitrogen and oxygen atoms in total. The van der Waals surface area contributed by atoms with Crippen LogP contribution in [0.1, 0.15) is 20.8 Å². The number of ether oxygens (including phenoxy) is 3. The quantitative estimate of drug-likeness (QED) is 0.529. The fourth-order valence-electron chi connectivity index (χ4n) is 3.65. The van der Waals surface area contributed by atoms with Gasteiger partial charge in [0.2, 0.25) is 0 Å². The van der Waals surface area contributed by atoms with Crippen LogP contribution in [-0.4, -0.2) is 58.7 Å². The van der Waals surface area contributed by atoms with Gasteiger partial charge in [-0.05, 0) is 45.0 Å². The van der Waals surface area contributed by atoms with Gasteiger partial charge in [-0.1, -0.05) is 48.0 Å². The fraction of sp³-hybridized carbons (Fsp3) is 0.360. The smallest absolute Gasteiger partial charge is 0.418 e. The highest BCUT2D eigenvalue weighted by molar-refractivity contribution is 6.34. The largest absolute Gasteiger partial charge is 0.473 e. The van der Waals surface area contributed by atoms with Crippen molar-refractivity contribution in [3.63, 3.8) is 0 Å². The van der Waals surface area contributed by atoms with Crippen molar-refractivity contribution in [2.45, 2.75) is 32.4 Å². The normalized spacial score (nSPS) is 16.8. The maximum atomic E-state index is 12.6. The number of nitrogens with one attached hydrogen (secondary N) is 1. The lowest BCUT2D eigenvalue weighted by atomic mass is 10.0. The summed E-state index contributed by atoms with van der Waals surface area (Å²) in [7, 11) is 0. The van der Waals surface area contributed by atoms with Gasteiger partial charge < -0.3 is 14.2 Å². The Bertz CT molecular complexity index is 1100. The number of halogens is 1. The SMILES string of the molecule is CC(C)(C)N1CCO[C@@H](COc2nn(-c3ccccc3)c(NC(=O)Oc3ccccc3)c2Cl)C1. The van der Waals surface area contributed by atoms with E-state index in [2.05, 4.69) is 36.1 Å². The van der Waals surface area contributed by atoms with Crippen LogP contribution in [0, 0.1) is 0 Å². The highest BCUT2D eigenvalue weighted by Gasteiger charge is 2.29. The summed E-state index contributed by atoms with van der Waals surface area (Å²) < 4.78 is 18.7. The fourth-order valence-corrected chi connectivity index (χ4v) is 3.87. The molecule has 34 heavy (non-hydrogen) atoms. The molecule has 0 bridgehead atoms. The number of para-hydroxylation sites is 2. The number of nitrogens with zero attached hydrogens (tertiary/aromatic N) is 3. The number of hydrogen-bond acceptors (Lipinski definition) is 6. The third kappa shape index (κ3) is 5.88. The molecule has 1 aromatic heterocycles. The predicted octanol–water partition coefficient (Wildman–Crippen LogP) is 5.01. The number of anilines is 1. The highest BCUT2D eigenvalue weighted by atomic mass is 35.5. The predicted molar refractivity (Wildman–Crippen MR) is 131 cm³/mol. The van der Waals surface area contributed by atoms with Gasteiger partial charge in [0.15, 0.2) is 5.82 Å². The minimum absolute atomic E-state index is 0.0464. The Morgan fingerprint density at radius 2 is 1.82 bits per heavy atom. The van der Waals surface area contributed by atoms with Crippen LogP contribution in [0.3, 0.4) is 0 Å². The summed E-state index contributed by atoms with van der Waals surface area (Å²) >= 11 is 6.62. The molecule has 0 aliphatic carbocycles. The Labute approximate surface area is 204 Å². The van der Waals surface area contributed by atoms with E-state index in [4.69, 9.17) is 25.8 Å². The van der Waals surface area contributed by atoms with Gasteiger partial charge in [0.1, 0.15) is 23.5 Å². The zero-order valence-corrected chi connectivity index (χ0v) is 20.3. The molecule has 9 heteroatoms. The first-order chi connectivity index (χ1) is 16.3. The van der Waals surface area contributed by atoms with E-state index in [1.165, 1.54) is 4.68 Å². The second-order valence-corrected chi connectivity index (χ2v) is 9.34. The van der Waals surface area contributed by atoms with E-state index >= 15 is 0 Å². The average molecular weight is 485 g/mol. The highest BCUT2D eigenvalue weighted by Crippen LogP contribution is 2.34. The number of hydrogen-bond donors (Lipinski definition) is 1. The van der Waals surface area contributed by atoms with Gasteiger partial charge in [-0.2, -0.15) is 0 Å². The summed E-state index contributed by atoms with van der Waals surface area (Å²) in [6.45, 7) is 9.08. The van der Waals surface area contributed by atoms with E-state index in [1.54, 1.807) is 24.3 Å². The van der Waals surface area contributed by atoms with Crippen LogP contribution in [-0.2, 0) is 4.74 Å². The van der Waals surface area contributed by atoms with Gasteiger partial charge >= 0.3 is 6.09 Å². The van der Waals surface area contributed by atoms with E-state index in [1.807, 2.05) is 36.4 Å². The molecule has 1 atom stereocenters. The summed E-state index contributed by atoms with van der Waals surface area (Å²) in [5, 5.41) is 7.39. The number of carbonyl (C=O) groups is 1. The maximum absolute atomic E-state index is 12.6. The van der Waals surface area contributed by atoms with Gasteiger partial charge in [0.05, 0.1) is 12.3 Å². The summed E-state index contributed by atoms with van der Waals surface area (Å²) in [5.74, 6) is 0.873. The van der Waals surface area contributed by atoms with Crippen molar-refractivity contribution in [3.05, 3.63) is 65.7 Å². The Kier molecular flexibility index (Phi) is 7.41. The molecule has 1 fully saturated rings. The Morgan fingerprint density at radius 3 is 2.50 bits per heavy atom. The van der Waals surface area contributed by atoms with Crippen molar-refractivity contribution in [2.24, 2.45) is 0 Å². The molecule has 1 aliphatic heterocycles. The molecule has 1 amide bonds. The second-order valence-electron chi connectivity index (χ2n) is 8.96. The van der Waals surface area contributed by atoms with Crippen molar-refractivity contribution in [3.8, 4) is 17.3 Å². The molecule has 4 rings (SSSR count). The number of amides is 1. The molecular weight excluding hydrogens is 456 g/mol. The number of morpholine rings is 1. The standard InChI is InChI=1S/C25H29ClN4O4/c1-25(2,3)29-14-15-32-20(16-29)17-33-23-21(26)22(30(28-23)18-10-6-4-7-11-18)27-24(31)34-19-12-8-5-9-13-19/h4-13,20H,14-17H2,1-3H3,(H,27,31)/t20-/m1/s1. The van der Waals surface area contributed by atoms with E-state index in [9.17, 15) is 4.79 Å².